The van der Waals surface area contributed by atoms with Gasteiger partial charge in [-0.1, -0.05) is 11.3 Å². The number of piperidine rings is 1. The zero-order valence-corrected chi connectivity index (χ0v) is 18.1. The van der Waals surface area contributed by atoms with Crippen LogP contribution in [-0.2, 0) is 11.3 Å². The highest BCUT2D eigenvalue weighted by atomic mass is 16.5. The number of rotatable bonds is 5. The number of nitrogens with one attached hydrogen (secondary N) is 1. The third-order valence-corrected chi connectivity index (χ3v) is 6.19. The number of benzene rings is 1. The van der Waals surface area contributed by atoms with Gasteiger partial charge in [0.15, 0.2) is 5.69 Å². The lowest BCUT2D eigenvalue weighted by molar-refractivity contribution is 0.0521. The van der Waals surface area contributed by atoms with E-state index in [1.807, 2.05) is 39.9 Å². The Kier molecular flexibility index (Phi) is 5.16. The van der Waals surface area contributed by atoms with Gasteiger partial charge < -0.3 is 19.0 Å². The molecule has 9 heteroatoms. The summed E-state index contributed by atoms with van der Waals surface area (Å²) >= 11 is 0. The zero-order chi connectivity index (χ0) is 22.2. The van der Waals surface area contributed by atoms with Crippen molar-refractivity contribution < 1.29 is 14.3 Å². The van der Waals surface area contributed by atoms with Crippen LogP contribution in [0.4, 0.5) is 5.69 Å². The Morgan fingerprint density at radius 3 is 2.91 bits per heavy atom. The minimum atomic E-state index is -0.472. The number of carbonyl (C=O) groups is 1. The van der Waals surface area contributed by atoms with Crippen LogP contribution in [0.5, 0.6) is 5.75 Å². The van der Waals surface area contributed by atoms with E-state index < -0.39 is 5.97 Å². The SMILES string of the molecule is CCOC(=O)c1[nH]c2ccc(OC)cc2c1N=NN1C[C@H]2C[C@H](C1)c1cccc(=O)n1C2. The second-order valence-corrected chi connectivity index (χ2v) is 8.24. The van der Waals surface area contributed by atoms with Gasteiger partial charge in [-0.05, 0) is 43.5 Å². The molecule has 0 amide bonds. The van der Waals surface area contributed by atoms with Gasteiger partial charge in [0.1, 0.15) is 11.4 Å². The number of aromatic nitrogens is 2. The quantitative estimate of drug-likeness (QED) is 0.487. The summed E-state index contributed by atoms with van der Waals surface area (Å²) in [6, 6.07) is 10.9. The zero-order valence-electron chi connectivity index (χ0n) is 18.1. The van der Waals surface area contributed by atoms with Gasteiger partial charge in [-0.3, -0.25) is 9.80 Å². The predicted octanol–water partition coefficient (Wildman–Crippen LogP) is 3.63. The maximum Gasteiger partial charge on any atom is 0.357 e. The van der Waals surface area contributed by atoms with Gasteiger partial charge in [0.2, 0.25) is 0 Å². The van der Waals surface area contributed by atoms with Crippen LogP contribution in [0.15, 0.2) is 51.5 Å². The van der Waals surface area contributed by atoms with E-state index in [4.69, 9.17) is 9.47 Å². The third kappa shape index (κ3) is 3.53. The second kappa shape index (κ2) is 8.14. The van der Waals surface area contributed by atoms with Gasteiger partial charge in [0, 0.05) is 48.2 Å². The summed E-state index contributed by atoms with van der Waals surface area (Å²) in [5.41, 5.74) is 2.57. The smallest absolute Gasteiger partial charge is 0.357 e. The number of hydrogen-bond acceptors (Lipinski definition) is 6. The van der Waals surface area contributed by atoms with Crippen LogP contribution in [0, 0.1) is 5.92 Å². The van der Waals surface area contributed by atoms with Gasteiger partial charge in [-0.25, -0.2) is 4.79 Å². The molecular weight excluding hydrogens is 410 g/mol. The van der Waals surface area contributed by atoms with Gasteiger partial charge in [-0.2, -0.15) is 0 Å². The Morgan fingerprint density at radius 2 is 2.09 bits per heavy atom. The topological polar surface area (TPSA) is 101 Å². The molecule has 1 saturated heterocycles. The molecule has 1 N–H and O–H groups in total. The molecule has 0 radical (unpaired) electrons. The summed E-state index contributed by atoms with van der Waals surface area (Å²) in [4.78, 5) is 27.9. The van der Waals surface area contributed by atoms with Crippen LogP contribution < -0.4 is 10.3 Å². The average Bonchev–Trinajstić information content (AvgIpc) is 3.16. The van der Waals surface area contributed by atoms with Gasteiger partial charge in [0.05, 0.1) is 13.7 Å². The van der Waals surface area contributed by atoms with Crippen LogP contribution in [0.2, 0.25) is 0 Å². The molecule has 2 atom stereocenters. The van der Waals surface area contributed by atoms with Crippen molar-refractivity contribution in [1.29, 1.82) is 0 Å². The fourth-order valence-corrected chi connectivity index (χ4v) is 4.79. The lowest BCUT2D eigenvalue weighted by atomic mass is 9.84. The number of hydrogen-bond donors (Lipinski definition) is 1. The van der Waals surface area contributed by atoms with Crippen molar-refractivity contribution in [2.24, 2.45) is 16.3 Å². The van der Waals surface area contributed by atoms with E-state index in [1.165, 1.54) is 0 Å². The first-order valence-corrected chi connectivity index (χ1v) is 10.8. The van der Waals surface area contributed by atoms with Crippen LogP contribution in [0.1, 0.15) is 35.4 Å². The summed E-state index contributed by atoms with van der Waals surface area (Å²) in [7, 11) is 1.59. The summed E-state index contributed by atoms with van der Waals surface area (Å²) in [5, 5.41) is 11.7. The second-order valence-electron chi connectivity index (χ2n) is 8.24. The Bertz CT molecular complexity index is 1260. The van der Waals surface area contributed by atoms with Gasteiger partial charge >= 0.3 is 5.97 Å². The van der Waals surface area contributed by atoms with Crippen molar-refractivity contribution in [3.63, 3.8) is 0 Å². The number of pyridine rings is 1. The van der Waals surface area contributed by atoms with Crippen LogP contribution in [0.25, 0.3) is 10.9 Å². The summed E-state index contributed by atoms with van der Waals surface area (Å²) in [5.74, 6) is 0.745. The average molecular weight is 435 g/mol. The fraction of sp³-hybridized carbons (Fsp3) is 0.391. The lowest BCUT2D eigenvalue weighted by Crippen LogP contribution is -2.45. The van der Waals surface area contributed by atoms with E-state index in [0.29, 0.717) is 37.0 Å². The summed E-state index contributed by atoms with van der Waals surface area (Å²) in [6.45, 7) is 4.10. The van der Waals surface area contributed by atoms with Gasteiger partial charge in [0.25, 0.3) is 5.56 Å². The summed E-state index contributed by atoms with van der Waals surface area (Å²) in [6.07, 6.45) is 1.04. The first-order chi connectivity index (χ1) is 15.6. The summed E-state index contributed by atoms with van der Waals surface area (Å²) < 4.78 is 12.4. The minimum absolute atomic E-state index is 0.0547. The van der Waals surface area contributed by atoms with Crippen LogP contribution in [0.3, 0.4) is 0 Å². The number of nitrogens with zero attached hydrogens (tertiary/aromatic N) is 4. The highest BCUT2D eigenvalue weighted by Gasteiger charge is 2.34. The Balaban J connectivity index is 1.48. The fourth-order valence-electron chi connectivity index (χ4n) is 4.79. The molecule has 166 valence electrons. The maximum atomic E-state index is 12.5. The van der Waals surface area contributed by atoms with E-state index >= 15 is 0 Å². The monoisotopic (exact) mass is 435 g/mol. The van der Waals surface area contributed by atoms with Crippen molar-refractivity contribution in [2.45, 2.75) is 25.8 Å². The van der Waals surface area contributed by atoms with E-state index in [1.54, 1.807) is 20.1 Å². The van der Waals surface area contributed by atoms with Crippen molar-refractivity contribution in [1.82, 2.24) is 14.6 Å². The van der Waals surface area contributed by atoms with E-state index in [0.717, 1.165) is 23.0 Å². The lowest BCUT2D eigenvalue weighted by Gasteiger charge is -2.40. The molecule has 0 unspecified atom stereocenters. The number of aromatic amines is 1. The molecule has 2 aromatic heterocycles. The first kappa shape index (κ1) is 20.3. The number of H-pyrrole nitrogens is 1. The van der Waals surface area contributed by atoms with Gasteiger partial charge in [-0.15, -0.1) is 5.11 Å². The number of fused-ring (bicyclic) bond motifs is 5. The number of methoxy groups -OCH3 is 1. The van der Waals surface area contributed by atoms with Crippen LogP contribution >= 0.6 is 0 Å². The molecule has 2 bridgehead atoms. The van der Waals surface area contributed by atoms with E-state index in [2.05, 4.69) is 15.3 Å². The third-order valence-electron chi connectivity index (χ3n) is 6.19. The Labute approximate surface area is 184 Å². The minimum Gasteiger partial charge on any atom is -0.497 e. The molecule has 3 aromatic rings. The molecule has 0 spiro atoms. The van der Waals surface area contributed by atoms with Crippen molar-refractivity contribution in [3.05, 3.63) is 58.1 Å². The number of carbonyl (C=O) groups excluding carboxylic acids is 1. The molecule has 2 aliphatic rings. The molecule has 0 saturated carbocycles. The standard InChI is InChI=1S/C23H25N5O4/c1-3-32-23(30)22-21(17-10-16(31-2)7-8-18(17)24-22)25-26-27-11-14-9-15(13-27)19-5-4-6-20(29)28(19)12-14/h4-8,10,14-15,24H,3,9,11-13H2,1-2H3/t14-,15-/m1/s1. The number of esters is 1. The largest absolute Gasteiger partial charge is 0.497 e. The number of ether oxygens (including phenoxy) is 2. The first-order valence-electron chi connectivity index (χ1n) is 10.8. The van der Waals surface area contributed by atoms with Crippen molar-refractivity contribution >= 4 is 22.6 Å². The predicted molar refractivity (Wildman–Crippen MR) is 118 cm³/mol. The maximum absolute atomic E-state index is 12.5. The molecule has 0 aliphatic carbocycles. The van der Waals surface area contributed by atoms with Crippen molar-refractivity contribution in [3.8, 4) is 5.75 Å². The molecular formula is C23H25N5O4. The van der Waals surface area contributed by atoms with E-state index in [9.17, 15) is 9.59 Å². The van der Waals surface area contributed by atoms with E-state index in [-0.39, 0.29) is 23.8 Å². The highest BCUT2D eigenvalue weighted by Crippen LogP contribution is 2.37. The molecule has 32 heavy (non-hydrogen) atoms. The molecule has 5 rings (SSSR count). The molecule has 1 aromatic carbocycles. The molecule has 2 aliphatic heterocycles. The Hall–Kier alpha value is -3.62. The molecule has 9 nitrogen and oxygen atoms in total. The molecule has 4 heterocycles. The van der Waals surface area contributed by atoms with Crippen LogP contribution in [-0.4, -0.2) is 47.3 Å². The highest BCUT2D eigenvalue weighted by molar-refractivity contribution is 6.05. The van der Waals surface area contributed by atoms with Crippen molar-refractivity contribution in [2.75, 3.05) is 26.8 Å². The Morgan fingerprint density at radius 1 is 1.22 bits per heavy atom. The molecule has 1 fully saturated rings. The normalized spacial score (nSPS) is 19.9.